The Balaban J connectivity index is 4.36. The highest BCUT2D eigenvalue weighted by Crippen LogP contribution is 2.31. The van der Waals surface area contributed by atoms with Crippen LogP contribution in [0.5, 0.6) is 0 Å². The van der Waals surface area contributed by atoms with Gasteiger partial charge in [0.2, 0.25) is 0 Å². The Bertz CT molecular complexity index is 197. The molecule has 0 N–H and O–H groups in total. The molecular formula is C16H34O2. The van der Waals surface area contributed by atoms with Crippen LogP contribution in [0.4, 0.5) is 0 Å². The second-order valence-electron chi connectivity index (χ2n) is 6.75. The average Bonchev–Trinajstić information content (AvgIpc) is 2.27. The number of rotatable bonds is 9. The molecule has 0 fully saturated rings. The summed E-state index contributed by atoms with van der Waals surface area (Å²) in [4.78, 5) is 11.6. The van der Waals surface area contributed by atoms with Crippen LogP contribution in [-0.2, 0) is 9.78 Å². The van der Waals surface area contributed by atoms with Gasteiger partial charge in [-0.1, -0.05) is 40.5 Å². The summed E-state index contributed by atoms with van der Waals surface area (Å²) in [6.07, 6.45) is 4.70. The third-order valence-corrected chi connectivity index (χ3v) is 4.29. The molecule has 0 aliphatic rings. The zero-order valence-electron chi connectivity index (χ0n) is 13.8. The monoisotopic (exact) mass is 258 g/mol. The van der Waals surface area contributed by atoms with Crippen molar-refractivity contribution < 1.29 is 9.78 Å². The van der Waals surface area contributed by atoms with E-state index < -0.39 is 0 Å². The van der Waals surface area contributed by atoms with Crippen LogP contribution in [-0.4, -0.2) is 11.2 Å². The normalized spacial score (nSPS) is 16.7. The zero-order chi connectivity index (χ0) is 14.4. The Morgan fingerprint density at radius 1 is 0.722 bits per heavy atom. The van der Waals surface area contributed by atoms with Crippen LogP contribution in [0.1, 0.15) is 81.1 Å². The van der Waals surface area contributed by atoms with Gasteiger partial charge in [-0.25, -0.2) is 9.78 Å². The summed E-state index contributed by atoms with van der Waals surface area (Å²) in [5, 5.41) is 0. The standard InChI is InChI=1S/C16H34O2/c1-9-11-13(3)15(5,6)17-18-16(7,8)14(4)12-10-2/h13-14H,9-12H2,1-8H3. The molecular weight excluding hydrogens is 224 g/mol. The summed E-state index contributed by atoms with van der Waals surface area (Å²) in [7, 11) is 0. The van der Waals surface area contributed by atoms with Crippen molar-refractivity contribution in [3.05, 3.63) is 0 Å². The summed E-state index contributed by atoms with van der Waals surface area (Å²) in [5.74, 6) is 1.000. The highest BCUT2D eigenvalue weighted by atomic mass is 17.2. The first-order chi connectivity index (χ1) is 8.17. The van der Waals surface area contributed by atoms with Crippen LogP contribution < -0.4 is 0 Å². The molecule has 2 heteroatoms. The van der Waals surface area contributed by atoms with E-state index in [1.54, 1.807) is 0 Å². The Labute approximate surface area is 114 Å². The first-order valence-electron chi connectivity index (χ1n) is 7.54. The van der Waals surface area contributed by atoms with Gasteiger partial charge >= 0.3 is 0 Å². The molecule has 2 atom stereocenters. The van der Waals surface area contributed by atoms with Gasteiger partial charge in [-0.15, -0.1) is 0 Å². The van der Waals surface area contributed by atoms with Crippen molar-refractivity contribution in [1.82, 2.24) is 0 Å². The molecule has 0 aliphatic carbocycles. The first-order valence-corrected chi connectivity index (χ1v) is 7.54. The van der Waals surface area contributed by atoms with Gasteiger partial charge in [0, 0.05) is 0 Å². The van der Waals surface area contributed by atoms with Crippen molar-refractivity contribution in [2.45, 2.75) is 92.3 Å². The van der Waals surface area contributed by atoms with Crippen molar-refractivity contribution in [2.24, 2.45) is 11.8 Å². The van der Waals surface area contributed by atoms with Gasteiger partial charge in [0.25, 0.3) is 0 Å². The maximum Gasteiger partial charge on any atom is 0.101 e. The lowest BCUT2D eigenvalue weighted by Crippen LogP contribution is -2.40. The van der Waals surface area contributed by atoms with E-state index in [4.69, 9.17) is 9.78 Å². The minimum absolute atomic E-state index is 0.223. The number of hydrogen-bond donors (Lipinski definition) is 0. The van der Waals surface area contributed by atoms with Crippen LogP contribution in [0.15, 0.2) is 0 Å². The molecule has 0 saturated carbocycles. The molecule has 0 aromatic heterocycles. The maximum absolute atomic E-state index is 5.78. The second kappa shape index (κ2) is 7.49. The van der Waals surface area contributed by atoms with Crippen LogP contribution in [0.25, 0.3) is 0 Å². The first kappa shape index (κ1) is 17.9. The van der Waals surface area contributed by atoms with Crippen molar-refractivity contribution in [3.63, 3.8) is 0 Å². The van der Waals surface area contributed by atoms with Gasteiger partial charge in [0.05, 0.1) is 0 Å². The van der Waals surface area contributed by atoms with Crippen LogP contribution in [0, 0.1) is 11.8 Å². The summed E-state index contributed by atoms with van der Waals surface area (Å²) in [6, 6.07) is 0. The van der Waals surface area contributed by atoms with E-state index in [2.05, 4.69) is 55.4 Å². The Morgan fingerprint density at radius 3 is 1.22 bits per heavy atom. The fraction of sp³-hybridized carbons (Fsp3) is 1.00. The molecule has 0 spiro atoms. The second-order valence-corrected chi connectivity index (χ2v) is 6.75. The minimum atomic E-state index is -0.223. The molecule has 0 rings (SSSR count). The van der Waals surface area contributed by atoms with Crippen molar-refractivity contribution in [1.29, 1.82) is 0 Å². The topological polar surface area (TPSA) is 18.5 Å². The lowest BCUT2D eigenvalue weighted by Gasteiger charge is -2.37. The molecule has 0 radical (unpaired) electrons. The minimum Gasteiger partial charge on any atom is -0.230 e. The van der Waals surface area contributed by atoms with Crippen LogP contribution in [0.3, 0.4) is 0 Å². The molecule has 110 valence electrons. The molecule has 0 aromatic rings. The van der Waals surface area contributed by atoms with E-state index >= 15 is 0 Å². The van der Waals surface area contributed by atoms with Crippen molar-refractivity contribution >= 4 is 0 Å². The highest BCUT2D eigenvalue weighted by molar-refractivity contribution is 4.77. The Kier molecular flexibility index (Phi) is 7.46. The molecule has 0 bridgehead atoms. The lowest BCUT2D eigenvalue weighted by atomic mass is 9.88. The molecule has 2 unspecified atom stereocenters. The van der Waals surface area contributed by atoms with Gasteiger partial charge < -0.3 is 0 Å². The fourth-order valence-electron chi connectivity index (χ4n) is 1.94. The van der Waals surface area contributed by atoms with Crippen LogP contribution >= 0.6 is 0 Å². The Morgan fingerprint density at radius 2 is 1.00 bits per heavy atom. The number of hydrogen-bond acceptors (Lipinski definition) is 2. The van der Waals surface area contributed by atoms with Gasteiger partial charge in [-0.05, 0) is 52.4 Å². The molecule has 0 heterocycles. The van der Waals surface area contributed by atoms with E-state index in [9.17, 15) is 0 Å². The van der Waals surface area contributed by atoms with Gasteiger partial charge in [0.1, 0.15) is 11.2 Å². The lowest BCUT2D eigenvalue weighted by molar-refractivity contribution is -0.416. The van der Waals surface area contributed by atoms with Gasteiger partial charge in [0.15, 0.2) is 0 Å². The molecule has 2 nitrogen and oxygen atoms in total. The van der Waals surface area contributed by atoms with E-state index in [-0.39, 0.29) is 11.2 Å². The molecule has 0 amide bonds. The van der Waals surface area contributed by atoms with Crippen molar-refractivity contribution in [2.75, 3.05) is 0 Å². The fourth-order valence-corrected chi connectivity index (χ4v) is 1.94. The smallest absolute Gasteiger partial charge is 0.101 e. The van der Waals surface area contributed by atoms with Gasteiger partial charge in [-0.3, -0.25) is 0 Å². The van der Waals surface area contributed by atoms with Gasteiger partial charge in [-0.2, -0.15) is 0 Å². The van der Waals surface area contributed by atoms with E-state index in [1.807, 2.05) is 0 Å². The summed E-state index contributed by atoms with van der Waals surface area (Å²) in [5.41, 5.74) is -0.446. The molecule has 0 aliphatic heterocycles. The average molecular weight is 258 g/mol. The predicted octanol–water partition coefficient (Wildman–Crippen LogP) is 5.36. The largest absolute Gasteiger partial charge is 0.230 e. The van der Waals surface area contributed by atoms with Crippen LogP contribution in [0.2, 0.25) is 0 Å². The molecule has 18 heavy (non-hydrogen) atoms. The van der Waals surface area contributed by atoms with Crippen molar-refractivity contribution in [3.8, 4) is 0 Å². The molecule has 0 aromatic carbocycles. The SMILES string of the molecule is CCCC(C)C(C)(C)OOC(C)(C)C(C)CCC. The van der Waals surface area contributed by atoms with E-state index in [0.29, 0.717) is 11.8 Å². The molecule has 0 saturated heterocycles. The maximum atomic E-state index is 5.78. The van der Waals surface area contributed by atoms with E-state index in [1.165, 1.54) is 25.7 Å². The quantitative estimate of drug-likeness (QED) is 0.409. The van der Waals surface area contributed by atoms with E-state index in [0.717, 1.165) is 0 Å². The third kappa shape index (κ3) is 5.71. The summed E-state index contributed by atoms with van der Waals surface area (Å²) < 4.78 is 0. The summed E-state index contributed by atoms with van der Waals surface area (Å²) in [6.45, 7) is 17.4. The highest BCUT2D eigenvalue weighted by Gasteiger charge is 2.33. The summed E-state index contributed by atoms with van der Waals surface area (Å²) >= 11 is 0. The predicted molar refractivity (Wildman–Crippen MR) is 78.5 cm³/mol. The Hall–Kier alpha value is -0.0800. The third-order valence-electron chi connectivity index (χ3n) is 4.29. The zero-order valence-corrected chi connectivity index (χ0v) is 13.8.